The topological polar surface area (TPSA) is 145 Å². The van der Waals surface area contributed by atoms with E-state index in [-0.39, 0.29) is 17.9 Å². The van der Waals surface area contributed by atoms with E-state index in [1.807, 2.05) is 12.1 Å². The van der Waals surface area contributed by atoms with Crippen LogP contribution in [0.15, 0.2) is 76.1 Å². The van der Waals surface area contributed by atoms with Crippen molar-refractivity contribution in [1.82, 2.24) is 10.3 Å². The van der Waals surface area contributed by atoms with Crippen LogP contribution in [-0.2, 0) is 16.0 Å². The molecule has 36 heavy (non-hydrogen) atoms. The van der Waals surface area contributed by atoms with Crippen molar-refractivity contribution in [3.8, 4) is 11.5 Å². The standard InChI is InChI=1S/C27H22N2O7/c1-14(35-17-7-8-19-18-4-2-3-5-20(18)27(34)36-24(19)12-17)25(31)29-23(26(32)33)10-15-13-28-22-9-6-16(30)11-21(15)22/h2-9,11-14,23,28,30H,10H2,1H3,(H,29,31)(H,32,33)/p-1/t14-,23-/m0/s1. The fourth-order valence-electron chi connectivity index (χ4n) is 4.23. The van der Waals surface area contributed by atoms with Gasteiger partial charge >= 0.3 is 5.63 Å². The molecule has 0 unspecified atom stereocenters. The van der Waals surface area contributed by atoms with E-state index >= 15 is 0 Å². The summed E-state index contributed by atoms with van der Waals surface area (Å²) in [5.41, 5.74) is 1.14. The van der Waals surface area contributed by atoms with Gasteiger partial charge in [-0.15, -0.1) is 0 Å². The zero-order chi connectivity index (χ0) is 25.4. The molecule has 0 saturated carbocycles. The van der Waals surface area contributed by atoms with E-state index in [2.05, 4.69) is 10.3 Å². The number of hydrogen-bond acceptors (Lipinski definition) is 7. The Labute approximate surface area is 203 Å². The molecule has 0 aliphatic heterocycles. The number of benzene rings is 3. The Morgan fingerprint density at radius 2 is 1.83 bits per heavy atom. The van der Waals surface area contributed by atoms with Gasteiger partial charge in [0.15, 0.2) is 6.10 Å². The molecule has 3 aromatic carbocycles. The summed E-state index contributed by atoms with van der Waals surface area (Å²) in [6, 6.07) is 15.4. The van der Waals surface area contributed by atoms with Crippen LogP contribution in [-0.4, -0.2) is 34.1 Å². The summed E-state index contributed by atoms with van der Waals surface area (Å²) in [4.78, 5) is 39.8. The summed E-state index contributed by atoms with van der Waals surface area (Å²) in [6.45, 7) is 1.48. The molecule has 2 atom stereocenters. The number of aromatic hydroxyl groups is 1. The van der Waals surface area contributed by atoms with Gasteiger partial charge in [0, 0.05) is 35.0 Å². The molecule has 0 spiro atoms. The van der Waals surface area contributed by atoms with E-state index in [4.69, 9.17) is 9.15 Å². The largest absolute Gasteiger partial charge is 0.548 e. The van der Waals surface area contributed by atoms with Crippen molar-refractivity contribution in [3.63, 3.8) is 0 Å². The summed E-state index contributed by atoms with van der Waals surface area (Å²) in [7, 11) is 0. The zero-order valence-electron chi connectivity index (χ0n) is 19.1. The molecule has 2 heterocycles. The lowest BCUT2D eigenvalue weighted by Crippen LogP contribution is -2.52. The SMILES string of the molecule is C[C@H](Oc1ccc2c(c1)oc(=O)c1ccccc12)C(=O)N[C@@H](Cc1c[nH]c2ccc(O)cc12)C(=O)[O-]. The molecule has 182 valence electrons. The number of carboxylic acids is 1. The van der Waals surface area contributed by atoms with Gasteiger partial charge in [-0.05, 0) is 54.3 Å². The van der Waals surface area contributed by atoms with E-state index in [9.17, 15) is 24.6 Å². The average Bonchev–Trinajstić information content (AvgIpc) is 3.25. The van der Waals surface area contributed by atoms with Crippen molar-refractivity contribution in [3.05, 3.63) is 82.8 Å². The molecule has 0 saturated heterocycles. The Morgan fingerprint density at radius 1 is 1.06 bits per heavy atom. The fourth-order valence-corrected chi connectivity index (χ4v) is 4.23. The number of phenolic OH excluding ortho intramolecular Hbond substituents is 1. The second kappa shape index (κ2) is 9.10. The Morgan fingerprint density at radius 3 is 2.61 bits per heavy atom. The van der Waals surface area contributed by atoms with E-state index < -0.39 is 29.6 Å². The number of carbonyl (C=O) groups excluding carboxylic acids is 2. The van der Waals surface area contributed by atoms with Crippen molar-refractivity contribution < 1.29 is 29.0 Å². The smallest absolute Gasteiger partial charge is 0.344 e. The number of rotatable bonds is 7. The molecule has 0 aliphatic rings. The van der Waals surface area contributed by atoms with E-state index in [0.717, 1.165) is 16.3 Å². The van der Waals surface area contributed by atoms with E-state index in [1.165, 1.54) is 25.1 Å². The van der Waals surface area contributed by atoms with Crippen molar-refractivity contribution in [1.29, 1.82) is 0 Å². The number of carboxylic acid groups (broad SMARTS) is 1. The number of fused-ring (bicyclic) bond motifs is 4. The quantitative estimate of drug-likeness (QED) is 0.237. The Hall–Kier alpha value is -4.79. The molecule has 1 amide bonds. The predicted octanol–water partition coefficient (Wildman–Crippen LogP) is 2.38. The zero-order valence-corrected chi connectivity index (χ0v) is 19.1. The maximum absolute atomic E-state index is 12.8. The van der Waals surface area contributed by atoms with Crippen molar-refractivity contribution >= 4 is 44.5 Å². The fraction of sp³-hybridized carbons (Fsp3) is 0.148. The summed E-state index contributed by atoms with van der Waals surface area (Å²) in [5, 5.41) is 26.5. The highest BCUT2D eigenvalue weighted by Gasteiger charge is 2.22. The van der Waals surface area contributed by atoms with Crippen LogP contribution < -0.4 is 20.8 Å². The molecule has 5 rings (SSSR count). The highest BCUT2D eigenvalue weighted by atomic mass is 16.5. The van der Waals surface area contributed by atoms with Gasteiger partial charge in [0.1, 0.15) is 17.1 Å². The number of carbonyl (C=O) groups is 2. The molecular formula is C27H21N2O7-. The van der Waals surface area contributed by atoms with Gasteiger partial charge in [0.05, 0.1) is 17.4 Å². The molecular weight excluding hydrogens is 464 g/mol. The average molecular weight is 485 g/mol. The van der Waals surface area contributed by atoms with E-state index in [1.54, 1.807) is 36.5 Å². The molecule has 0 radical (unpaired) electrons. The minimum atomic E-state index is -1.45. The van der Waals surface area contributed by atoms with Gasteiger partial charge in [-0.25, -0.2) is 4.79 Å². The van der Waals surface area contributed by atoms with Crippen LogP contribution in [0.2, 0.25) is 0 Å². The van der Waals surface area contributed by atoms with Gasteiger partial charge < -0.3 is 34.5 Å². The second-order valence-corrected chi connectivity index (χ2v) is 8.48. The lowest BCUT2D eigenvalue weighted by molar-refractivity contribution is -0.308. The first-order chi connectivity index (χ1) is 17.3. The maximum Gasteiger partial charge on any atom is 0.344 e. The summed E-state index contributed by atoms with van der Waals surface area (Å²) < 4.78 is 11.1. The number of aliphatic carboxylic acids is 1. The monoisotopic (exact) mass is 485 g/mol. The summed E-state index contributed by atoms with van der Waals surface area (Å²) >= 11 is 0. The molecule has 9 nitrogen and oxygen atoms in total. The number of aromatic amines is 1. The minimum absolute atomic E-state index is 0.0404. The number of amides is 1. The molecule has 2 aromatic heterocycles. The Bertz CT molecular complexity index is 1680. The maximum atomic E-state index is 12.8. The van der Waals surface area contributed by atoms with Crippen LogP contribution in [0, 0.1) is 0 Å². The highest BCUT2D eigenvalue weighted by Crippen LogP contribution is 2.27. The Balaban J connectivity index is 1.32. The first-order valence-corrected chi connectivity index (χ1v) is 11.2. The van der Waals surface area contributed by atoms with Gasteiger partial charge in [0.2, 0.25) is 0 Å². The van der Waals surface area contributed by atoms with Crippen LogP contribution in [0.4, 0.5) is 0 Å². The second-order valence-electron chi connectivity index (χ2n) is 8.48. The lowest BCUT2D eigenvalue weighted by atomic mass is 10.0. The third-order valence-corrected chi connectivity index (χ3v) is 6.05. The molecule has 0 aliphatic carbocycles. The minimum Gasteiger partial charge on any atom is -0.548 e. The Kier molecular flexibility index (Phi) is 5.81. The van der Waals surface area contributed by atoms with Crippen molar-refractivity contribution in [2.45, 2.75) is 25.5 Å². The van der Waals surface area contributed by atoms with Gasteiger partial charge in [-0.3, -0.25) is 4.79 Å². The van der Waals surface area contributed by atoms with Crippen LogP contribution >= 0.6 is 0 Å². The van der Waals surface area contributed by atoms with Crippen LogP contribution in [0.3, 0.4) is 0 Å². The van der Waals surface area contributed by atoms with Gasteiger partial charge in [0.25, 0.3) is 5.91 Å². The third-order valence-electron chi connectivity index (χ3n) is 6.05. The number of H-pyrrole nitrogens is 1. The van der Waals surface area contributed by atoms with Gasteiger partial charge in [-0.1, -0.05) is 18.2 Å². The summed E-state index contributed by atoms with van der Waals surface area (Å²) in [6.07, 6.45) is 0.514. The number of ether oxygens (including phenoxy) is 1. The van der Waals surface area contributed by atoms with E-state index in [0.29, 0.717) is 21.9 Å². The number of hydrogen-bond donors (Lipinski definition) is 3. The van der Waals surface area contributed by atoms with Crippen molar-refractivity contribution in [2.75, 3.05) is 0 Å². The first-order valence-electron chi connectivity index (χ1n) is 11.2. The van der Waals surface area contributed by atoms with Crippen LogP contribution in [0.1, 0.15) is 12.5 Å². The molecule has 9 heteroatoms. The number of nitrogens with one attached hydrogen (secondary N) is 2. The van der Waals surface area contributed by atoms with Crippen LogP contribution in [0.5, 0.6) is 11.5 Å². The molecule has 0 fully saturated rings. The molecule has 0 bridgehead atoms. The highest BCUT2D eigenvalue weighted by molar-refractivity contribution is 6.04. The predicted molar refractivity (Wildman–Crippen MR) is 131 cm³/mol. The van der Waals surface area contributed by atoms with Gasteiger partial charge in [-0.2, -0.15) is 0 Å². The molecule has 5 aromatic rings. The number of phenols is 1. The first kappa shape index (κ1) is 23.0. The normalized spacial score (nSPS) is 13.0. The van der Waals surface area contributed by atoms with Crippen LogP contribution in [0.25, 0.3) is 32.6 Å². The summed E-state index contributed by atoms with van der Waals surface area (Å²) in [5.74, 6) is -1.80. The lowest BCUT2D eigenvalue weighted by Gasteiger charge is -2.22. The number of aromatic nitrogens is 1. The van der Waals surface area contributed by atoms with Crippen molar-refractivity contribution in [2.24, 2.45) is 0 Å². The third kappa shape index (κ3) is 4.34. The molecule has 3 N–H and O–H groups in total.